The molecule has 0 saturated carbocycles. The molecule has 0 saturated heterocycles. The number of rotatable bonds is 7. The van der Waals surface area contributed by atoms with Crippen LogP contribution in [0, 0.1) is 4.77 Å². The number of carbonyl (C=O) groups excluding carboxylic acids is 1. The maximum Gasteiger partial charge on any atom is 0.224 e. The molecule has 1 aromatic heterocycles. The highest BCUT2D eigenvalue weighted by Crippen LogP contribution is 2.22. The molecule has 0 bridgehead atoms. The number of H-pyrrole nitrogens is 1. The second-order valence-electron chi connectivity index (χ2n) is 6.57. The fourth-order valence-corrected chi connectivity index (χ4v) is 3.26. The van der Waals surface area contributed by atoms with Gasteiger partial charge in [0.1, 0.15) is 5.75 Å². The number of carbonyl (C=O) groups is 1. The zero-order valence-corrected chi connectivity index (χ0v) is 17.1. The Kier molecular flexibility index (Phi) is 6.26. The number of nitrogens with zero attached hydrogens (tertiary/aromatic N) is 3. The zero-order valence-electron chi connectivity index (χ0n) is 16.3. The van der Waals surface area contributed by atoms with Crippen molar-refractivity contribution in [1.82, 2.24) is 19.7 Å². The second-order valence-corrected chi connectivity index (χ2v) is 6.96. The van der Waals surface area contributed by atoms with Gasteiger partial charge in [0, 0.05) is 25.6 Å². The van der Waals surface area contributed by atoms with Gasteiger partial charge in [-0.2, -0.15) is 5.10 Å². The van der Waals surface area contributed by atoms with Crippen LogP contribution in [0.25, 0.3) is 11.4 Å². The van der Waals surface area contributed by atoms with Gasteiger partial charge in [-0.15, -0.1) is 0 Å². The van der Waals surface area contributed by atoms with Crippen LogP contribution in [-0.2, 0) is 11.3 Å². The van der Waals surface area contributed by atoms with Gasteiger partial charge < -0.3 is 9.64 Å². The predicted molar refractivity (Wildman–Crippen MR) is 112 cm³/mol. The first-order chi connectivity index (χ1) is 13.5. The smallest absolute Gasteiger partial charge is 0.224 e. The summed E-state index contributed by atoms with van der Waals surface area (Å²) in [6.45, 7) is 2.49. The van der Waals surface area contributed by atoms with Crippen molar-refractivity contribution < 1.29 is 9.53 Å². The molecule has 0 aliphatic carbocycles. The van der Waals surface area contributed by atoms with Gasteiger partial charge in [0.2, 0.25) is 5.91 Å². The van der Waals surface area contributed by atoms with Crippen molar-refractivity contribution in [3.63, 3.8) is 0 Å². The van der Waals surface area contributed by atoms with Crippen molar-refractivity contribution in [1.29, 1.82) is 0 Å². The molecule has 3 aromatic rings. The Hall–Kier alpha value is -2.93. The minimum atomic E-state index is 0.00656. The van der Waals surface area contributed by atoms with E-state index in [-0.39, 0.29) is 11.9 Å². The molecule has 0 aliphatic heterocycles. The summed E-state index contributed by atoms with van der Waals surface area (Å²) < 4.78 is 7.55. The first kappa shape index (κ1) is 19.8. The monoisotopic (exact) mass is 396 g/mol. The molecule has 2 aromatic carbocycles. The molecule has 1 N–H and O–H groups in total. The minimum Gasteiger partial charge on any atom is -0.497 e. The van der Waals surface area contributed by atoms with Gasteiger partial charge >= 0.3 is 0 Å². The molecule has 1 atom stereocenters. The van der Waals surface area contributed by atoms with Crippen molar-refractivity contribution in [2.24, 2.45) is 0 Å². The SMILES string of the molecule is COc1ccc(-c2n[nH]c(=S)n2CCC(=O)N(C)C(C)c2ccccc2)cc1. The third kappa shape index (κ3) is 4.31. The van der Waals surface area contributed by atoms with Gasteiger partial charge in [0.15, 0.2) is 10.6 Å². The summed E-state index contributed by atoms with van der Waals surface area (Å²) in [7, 11) is 3.46. The third-order valence-corrected chi connectivity index (χ3v) is 5.22. The first-order valence-corrected chi connectivity index (χ1v) is 9.52. The van der Waals surface area contributed by atoms with Gasteiger partial charge in [0.25, 0.3) is 0 Å². The van der Waals surface area contributed by atoms with E-state index >= 15 is 0 Å². The van der Waals surface area contributed by atoms with E-state index in [0.29, 0.717) is 23.6 Å². The Balaban J connectivity index is 1.71. The summed E-state index contributed by atoms with van der Waals surface area (Å²) in [6, 6.07) is 17.6. The van der Waals surface area contributed by atoms with Gasteiger partial charge in [0.05, 0.1) is 13.2 Å². The standard InChI is InChI=1S/C21H24N4O2S/c1-15(16-7-5-4-6-8-16)24(2)19(26)13-14-25-20(22-23-21(25)28)17-9-11-18(27-3)12-10-17/h4-12,15H,13-14H2,1-3H3,(H,23,28). The van der Waals surface area contributed by atoms with Crippen LogP contribution in [0.5, 0.6) is 5.75 Å². The highest BCUT2D eigenvalue weighted by Gasteiger charge is 2.18. The summed E-state index contributed by atoms with van der Waals surface area (Å²) >= 11 is 5.36. The number of aromatic nitrogens is 3. The van der Waals surface area contributed by atoms with Crippen LogP contribution < -0.4 is 4.74 Å². The Labute approximate surface area is 169 Å². The van der Waals surface area contributed by atoms with Crippen LogP contribution in [0.1, 0.15) is 24.9 Å². The van der Waals surface area contributed by atoms with E-state index in [1.807, 2.05) is 73.1 Å². The van der Waals surface area contributed by atoms with Crippen LogP contribution in [0.2, 0.25) is 0 Å². The number of benzene rings is 2. The Morgan fingerprint density at radius 2 is 1.89 bits per heavy atom. The van der Waals surface area contributed by atoms with Crippen molar-refractivity contribution >= 4 is 18.1 Å². The largest absolute Gasteiger partial charge is 0.497 e. The maximum absolute atomic E-state index is 12.7. The molecule has 3 rings (SSSR count). The van der Waals surface area contributed by atoms with Crippen LogP contribution in [0.15, 0.2) is 54.6 Å². The van der Waals surface area contributed by atoms with Crippen molar-refractivity contribution in [2.45, 2.75) is 25.9 Å². The van der Waals surface area contributed by atoms with Gasteiger partial charge in [-0.3, -0.25) is 14.5 Å². The molecule has 0 spiro atoms. The Morgan fingerprint density at radius 3 is 2.54 bits per heavy atom. The Bertz CT molecular complexity index is 980. The molecular formula is C21H24N4O2S. The third-order valence-electron chi connectivity index (χ3n) is 4.91. The lowest BCUT2D eigenvalue weighted by Crippen LogP contribution is -2.30. The van der Waals surface area contributed by atoms with E-state index in [0.717, 1.165) is 16.9 Å². The molecule has 1 unspecified atom stereocenters. The van der Waals surface area contributed by atoms with Crippen LogP contribution >= 0.6 is 12.2 Å². The van der Waals surface area contributed by atoms with Crippen molar-refractivity contribution in [3.05, 3.63) is 64.9 Å². The van der Waals surface area contributed by atoms with Crippen LogP contribution in [-0.4, -0.2) is 39.7 Å². The van der Waals surface area contributed by atoms with Crippen LogP contribution in [0.3, 0.4) is 0 Å². The molecule has 1 amide bonds. The molecule has 28 heavy (non-hydrogen) atoms. The summed E-state index contributed by atoms with van der Waals surface area (Å²) in [5, 5.41) is 7.15. The quantitative estimate of drug-likeness (QED) is 0.607. The predicted octanol–water partition coefficient (Wildman–Crippen LogP) is 4.23. The second kappa shape index (κ2) is 8.84. The van der Waals surface area contributed by atoms with Gasteiger partial charge in [-0.25, -0.2) is 0 Å². The van der Waals surface area contributed by atoms with E-state index in [1.165, 1.54) is 0 Å². The first-order valence-electron chi connectivity index (χ1n) is 9.11. The van der Waals surface area contributed by atoms with E-state index < -0.39 is 0 Å². The van der Waals surface area contributed by atoms with E-state index in [2.05, 4.69) is 10.2 Å². The molecule has 1 heterocycles. The van der Waals surface area contributed by atoms with Crippen molar-refractivity contribution in [2.75, 3.05) is 14.2 Å². The van der Waals surface area contributed by atoms with Crippen LogP contribution in [0.4, 0.5) is 0 Å². The summed E-state index contributed by atoms with van der Waals surface area (Å²) in [5.74, 6) is 1.54. The van der Waals surface area contributed by atoms with E-state index in [1.54, 1.807) is 12.0 Å². The number of nitrogens with one attached hydrogen (secondary N) is 1. The highest BCUT2D eigenvalue weighted by molar-refractivity contribution is 7.71. The molecule has 0 fully saturated rings. The lowest BCUT2D eigenvalue weighted by Gasteiger charge is -2.25. The number of hydrogen-bond acceptors (Lipinski definition) is 4. The summed E-state index contributed by atoms with van der Waals surface area (Å²) in [5.41, 5.74) is 2.02. The van der Waals surface area contributed by atoms with E-state index in [9.17, 15) is 4.79 Å². The van der Waals surface area contributed by atoms with E-state index in [4.69, 9.17) is 17.0 Å². The average Bonchev–Trinajstić information content (AvgIpc) is 3.11. The fourth-order valence-electron chi connectivity index (χ4n) is 3.04. The summed E-state index contributed by atoms with van der Waals surface area (Å²) in [6.07, 6.45) is 0.338. The summed E-state index contributed by atoms with van der Waals surface area (Å²) in [4.78, 5) is 14.5. The topological polar surface area (TPSA) is 63.1 Å². The lowest BCUT2D eigenvalue weighted by molar-refractivity contribution is -0.132. The highest BCUT2D eigenvalue weighted by atomic mass is 32.1. The minimum absolute atomic E-state index is 0.00656. The number of hydrogen-bond donors (Lipinski definition) is 1. The number of methoxy groups -OCH3 is 1. The average molecular weight is 397 g/mol. The molecule has 6 nitrogen and oxygen atoms in total. The molecule has 146 valence electrons. The van der Waals surface area contributed by atoms with Gasteiger partial charge in [-0.1, -0.05) is 30.3 Å². The molecule has 0 radical (unpaired) electrons. The number of ether oxygens (including phenoxy) is 1. The molecular weight excluding hydrogens is 372 g/mol. The Morgan fingerprint density at radius 1 is 1.21 bits per heavy atom. The zero-order chi connectivity index (χ0) is 20.1. The fraction of sp³-hybridized carbons (Fsp3) is 0.286. The molecule has 7 heteroatoms. The number of amides is 1. The lowest BCUT2D eigenvalue weighted by atomic mass is 10.1. The maximum atomic E-state index is 12.7. The molecule has 0 aliphatic rings. The normalized spacial score (nSPS) is 11.8. The van der Waals surface area contributed by atoms with Gasteiger partial charge in [-0.05, 0) is 49.0 Å². The number of aromatic amines is 1. The van der Waals surface area contributed by atoms with Crippen molar-refractivity contribution in [3.8, 4) is 17.1 Å².